The van der Waals surface area contributed by atoms with Crippen molar-refractivity contribution in [2.24, 2.45) is 0 Å². The molecule has 0 heterocycles. The molecule has 0 aromatic carbocycles. The van der Waals surface area contributed by atoms with Gasteiger partial charge >= 0.3 is 5.97 Å². The van der Waals surface area contributed by atoms with E-state index in [4.69, 9.17) is 9.47 Å². The molecule has 1 N–H and O–H groups in total. The van der Waals surface area contributed by atoms with Crippen LogP contribution in [0.1, 0.15) is 194 Å². The van der Waals surface area contributed by atoms with Gasteiger partial charge in [0, 0.05) is 13.0 Å². The quantitative estimate of drug-likeness (QED) is 0.0399. The van der Waals surface area contributed by atoms with Crippen LogP contribution < -0.4 is 0 Å². The van der Waals surface area contributed by atoms with Gasteiger partial charge in [0.05, 0.1) is 13.2 Å². The number of carbonyl (C=O) groups is 1. The number of hydrogen-bond acceptors (Lipinski definition) is 4. The molecule has 0 rings (SSSR count). The Labute approximate surface area is 305 Å². The lowest BCUT2D eigenvalue weighted by atomic mass is 10.0. The van der Waals surface area contributed by atoms with Gasteiger partial charge in [0.1, 0.15) is 6.10 Å². The first-order valence-corrected chi connectivity index (χ1v) is 20.9. The van der Waals surface area contributed by atoms with Crippen LogP contribution in [0.2, 0.25) is 0 Å². The molecule has 0 aliphatic rings. The van der Waals surface area contributed by atoms with Gasteiger partial charge in [-0.05, 0) is 64.2 Å². The molecule has 0 aromatic rings. The van der Waals surface area contributed by atoms with Gasteiger partial charge in [0.15, 0.2) is 0 Å². The molecule has 284 valence electrons. The molecule has 4 nitrogen and oxygen atoms in total. The molecular formula is C45H80O4. The van der Waals surface area contributed by atoms with E-state index in [0.717, 1.165) is 32.1 Å². The van der Waals surface area contributed by atoms with Crippen LogP contribution in [-0.4, -0.2) is 37.0 Å². The van der Waals surface area contributed by atoms with Gasteiger partial charge in [0.2, 0.25) is 0 Å². The van der Waals surface area contributed by atoms with Crippen molar-refractivity contribution in [1.82, 2.24) is 0 Å². The molecule has 0 aliphatic carbocycles. The van der Waals surface area contributed by atoms with E-state index < -0.39 is 6.10 Å². The van der Waals surface area contributed by atoms with Crippen molar-refractivity contribution in [2.45, 2.75) is 200 Å². The van der Waals surface area contributed by atoms with Crippen LogP contribution in [-0.2, 0) is 14.3 Å². The van der Waals surface area contributed by atoms with E-state index in [2.05, 4.69) is 68.5 Å². The third-order valence-electron chi connectivity index (χ3n) is 8.84. The molecule has 0 bridgehead atoms. The summed E-state index contributed by atoms with van der Waals surface area (Å²) in [6, 6.07) is 0. The maximum absolute atomic E-state index is 12.1. The van der Waals surface area contributed by atoms with Crippen molar-refractivity contribution in [2.75, 3.05) is 19.8 Å². The van der Waals surface area contributed by atoms with Gasteiger partial charge in [0.25, 0.3) is 0 Å². The zero-order valence-corrected chi connectivity index (χ0v) is 32.4. The number of allylic oxidation sites excluding steroid dienone is 10. The molecule has 0 spiro atoms. The Hall–Kier alpha value is -1.91. The third kappa shape index (κ3) is 40.4. The van der Waals surface area contributed by atoms with Gasteiger partial charge in [-0.15, -0.1) is 0 Å². The molecule has 1 unspecified atom stereocenters. The zero-order valence-electron chi connectivity index (χ0n) is 32.4. The number of unbranched alkanes of at least 4 members (excludes halogenated alkanes) is 20. The Kier molecular flexibility index (Phi) is 40.6. The van der Waals surface area contributed by atoms with Crippen LogP contribution in [0.25, 0.3) is 0 Å². The highest BCUT2D eigenvalue weighted by Gasteiger charge is 2.13. The number of esters is 1. The third-order valence-corrected chi connectivity index (χ3v) is 8.84. The topological polar surface area (TPSA) is 55.8 Å². The highest BCUT2D eigenvalue weighted by Crippen LogP contribution is 2.14. The molecule has 0 aliphatic heterocycles. The monoisotopic (exact) mass is 685 g/mol. The summed E-state index contributed by atoms with van der Waals surface area (Å²) in [5.41, 5.74) is 0. The summed E-state index contributed by atoms with van der Waals surface area (Å²) in [5.74, 6) is -0.280. The fraction of sp³-hybridized carbons (Fsp3) is 0.756. The van der Waals surface area contributed by atoms with Gasteiger partial charge in [-0.2, -0.15) is 0 Å². The lowest BCUT2D eigenvalue weighted by Crippen LogP contribution is -2.27. The number of rotatable bonds is 38. The van der Waals surface area contributed by atoms with Crippen molar-refractivity contribution in [3.8, 4) is 0 Å². The molecule has 0 amide bonds. The largest absolute Gasteiger partial charge is 0.457 e. The number of hydrogen-bond donors (Lipinski definition) is 1. The van der Waals surface area contributed by atoms with Gasteiger partial charge in [-0.3, -0.25) is 4.79 Å². The summed E-state index contributed by atoms with van der Waals surface area (Å²) in [6.07, 6.45) is 55.9. The number of ether oxygens (including phenoxy) is 2. The fourth-order valence-corrected chi connectivity index (χ4v) is 5.75. The summed E-state index contributed by atoms with van der Waals surface area (Å²) in [6.45, 7) is 5.15. The van der Waals surface area contributed by atoms with E-state index in [1.165, 1.54) is 135 Å². The Bertz CT molecular complexity index is 809. The molecule has 1 atom stereocenters. The van der Waals surface area contributed by atoms with Crippen LogP contribution in [0.3, 0.4) is 0 Å². The van der Waals surface area contributed by atoms with E-state index in [1.807, 2.05) is 6.08 Å². The van der Waals surface area contributed by atoms with Crippen molar-refractivity contribution in [3.63, 3.8) is 0 Å². The molecular weight excluding hydrogens is 604 g/mol. The summed E-state index contributed by atoms with van der Waals surface area (Å²) >= 11 is 0. The van der Waals surface area contributed by atoms with Crippen LogP contribution in [0.15, 0.2) is 60.8 Å². The Morgan fingerprint density at radius 3 is 1.39 bits per heavy atom. The number of carbonyl (C=O) groups excluding carboxylic acids is 1. The normalized spacial score (nSPS) is 13.0. The van der Waals surface area contributed by atoms with E-state index >= 15 is 0 Å². The first kappa shape index (κ1) is 47.1. The van der Waals surface area contributed by atoms with Crippen molar-refractivity contribution < 1.29 is 19.4 Å². The SMILES string of the molecule is CC/C=C\C/C=C\C/C=C\C/C=C\CCC(=O)OC(CO)COCCCCCCCCCCCCCC/C=C\CCCCCCCCCC. The van der Waals surface area contributed by atoms with Crippen molar-refractivity contribution >= 4 is 5.97 Å². The fourth-order valence-electron chi connectivity index (χ4n) is 5.75. The predicted octanol–water partition coefficient (Wildman–Crippen LogP) is 13.7. The average Bonchev–Trinajstić information content (AvgIpc) is 3.11. The second-order valence-electron chi connectivity index (χ2n) is 13.7. The minimum atomic E-state index is -0.573. The number of aliphatic hydroxyl groups excluding tert-OH is 1. The minimum absolute atomic E-state index is 0.202. The van der Waals surface area contributed by atoms with Crippen LogP contribution in [0.5, 0.6) is 0 Å². The summed E-state index contributed by atoms with van der Waals surface area (Å²) < 4.78 is 11.1. The second kappa shape index (κ2) is 42.3. The molecule has 0 radical (unpaired) electrons. The molecule has 0 saturated carbocycles. The zero-order chi connectivity index (χ0) is 35.6. The van der Waals surface area contributed by atoms with Gasteiger partial charge < -0.3 is 14.6 Å². The van der Waals surface area contributed by atoms with Crippen LogP contribution >= 0.6 is 0 Å². The first-order valence-electron chi connectivity index (χ1n) is 20.9. The van der Waals surface area contributed by atoms with E-state index in [0.29, 0.717) is 19.4 Å². The van der Waals surface area contributed by atoms with E-state index in [1.54, 1.807) is 0 Å². The Morgan fingerprint density at radius 1 is 0.510 bits per heavy atom. The highest BCUT2D eigenvalue weighted by atomic mass is 16.6. The summed E-state index contributed by atoms with van der Waals surface area (Å²) in [4.78, 5) is 12.1. The summed E-state index contributed by atoms with van der Waals surface area (Å²) in [5, 5.41) is 9.56. The first-order chi connectivity index (χ1) is 24.2. The number of aliphatic hydroxyl groups is 1. The average molecular weight is 685 g/mol. The van der Waals surface area contributed by atoms with Crippen LogP contribution in [0.4, 0.5) is 0 Å². The lowest BCUT2D eigenvalue weighted by molar-refractivity contribution is -0.154. The Morgan fingerprint density at radius 2 is 0.918 bits per heavy atom. The van der Waals surface area contributed by atoms with Crippen molar-refractivity contribution in [1.29, 1.82) is 0 Å². The maximum atomic E-state index is 12.1. The smallest absolute Gasteiger partial charge is 0.306 e. The molecule has 0 fully saturated rings. The lowest BCUT2D eigenvalue weighted by Gasteiger charge is -2.15. The highest BCUT2D eigenvalue weighted by molar-refractivity contribution is 5.69. The van der Waals surface area contributed by atoms with Crippen molar-refractivity contribution in [3.05, 3.63) is 60.8 Å². The second-order valence-corrected chi connectivity index (χ2v) is 13.7. The van der Waals surface area contributed by atoms with Gasteiger partial charge in [-0.25, -0.2) is 0 Å². The van der Waals surface area contributed by atoms with E-state index in [-0.39, 0.29) is 19.2 Å². The summed E-state index contributed by atoms with van der Waals surface area (Å²) in [7, 11) is 0. The molecule has 0 aromatic heterocycles. The standard InChI is InChI=1S/C45H80O4/c1-3-5-7-9-11-13-15-17-18-19-20-21-22-23-24-25-26-27-29-31-33-35-37-39-41-48-43-44(42-46)49-45(47)40-38-36-34-32-30-28-16-14-12-10-8-6-4-2/h6,8,12,14,19-20,28,30,34,36,44,46H,3-5,7,9-11,13,15-18,21-27,29,31-33,35,37-43H2,1-2H3/b8-6-,14-12-,20-19-,30-28-,36-34-. The minimum Gasteiger partial charge on any atom is -0.457 e. The molecule has 49 heavy (non-hydrogen) atoms. The van der Waals surface area contributed by atoms with E-state index in [9.17, 15) is 9.90 Å². The maximum Gasteiger partial charge on any atom is 0.306 e. The molecule has 0 saturated heterocycles. The van der Waals surface area contributed by atoms with Crippen LogP contribution in [0, 0.1) is 0 Å². The predicted molar refractivity (Wildman–Crippen MR) is 214 cm³/mol. The molecule has 4 heteroatoms. The Balaban J connectivity index is 3.45. The van der Waals surface area contributed by atoms with Gasteiger partial charge in [-0.1, -0.05) is 184 Å².